The molecular weight excluding hydrogens is 663 g/mol. The van der Waals surface area contributed by atoms with Crippen molar-refractivity contribution < 1.29 is 9.79 Å². The van der Waals surface area contributed by atoms with Gasteiger partial charge in [-0.25, -0.2) is 4.67 Å². The van der Waals surface area contributed by atoms with Crippen LogP contribution in [0.2, 0.25) is 0 Å². The summed E-state index contributed by atoms with van der Waals surface area (Å²) in [6, 6.07) is 0.391. The molecule has 0 atom stereocenters. The molecule has 0 bridgehead atoms. The summed E-state index contributed by atoms with van der Waals surface area (Å²) in [6.45, 7) is 7.78. The third-order valence-corrected chi connectivity index (χ3v) is 2.60. The van der Waals surface area contributed by atoms with Gasteiger partial charge in [0.2, 0.25) is 0 Å². The second kappa shape index (κ2) is 6.05. The second-order valence-corrected chi connectivity index (χ2v) is 3.83. The van der Waals surface area contributed by atoms with E-state index in [0.29, 0.717) is 0 Å². The van der Waals surface area contributed by atoms with E-state index in [1.807, 2.05) is 27.7 Å². The standard InChI is InChI=1S/C6H16NO2P.2Fm/c1-5(2)7(6(3)4)10(8)9;;/h5-6,8-9H,1-4H3;;. The Balaban J connectivity index is -0.000000405. The van der Waals surface area contributed by atoms with Crippen LogP contribution in [0.25, 0.3) is 0 Å². The molecule has 0 aliphatic carbocycles. The second-order valence-electron chi connectivity index (χ2n) is 2.84. The Morgan fingerprint density at radius 1 is 0.917 bits per heavy atom. The number of rotatable bonds is 3. The van der Waals surface area contributed by atoms with Gasteiger partial charge in [-0.05, 0) is 27.7 Å². The smallest absolute Gasteiger partial charge is 0.253 e. The molecule has 86 valence electrons. The predicted octanol–water partition coefficient (Wildman–Crippen LogP) is 1.32. The van der Waals surface area contributed by atoms with Gasteiger partial charge in [0.1, 0.15) is 0 Å². The molecular formula is C6H16Fm2NO2P. The summed E-state index contributed by atoms with van der Waals surface area (Å²) >= 11 is 0. The van der Waals surface area contributed by atoms with Gasteiger partial charge in [-0.15, -0.1) is 0 Å². The minimum Gasteiger partial charge on any atom is -0.338 e. The summed E-state index contributed by atoms with van der Waals surface area (Å²) < 4.78 is 1.68. The average Bonchev–Trinajstić information content (AvgIpc) is 1.59. The maximum absolute atomic E-state index is 8.90. The van der Waals surface area contributed by atoms with Gasteiger partial charge in [-0.2, -0.15) is 0 Å². The molecule has 0 aliphatic heterocycles. The molecule has 0 unspecified atom stereocenters. The number of hydrogen-bond donors (Lipinski definition) is 2. The van der Waals surface area contributed by atoms with Crippen molar-refractivity contribution in [2.45, 2.75) is 39.8 Å². The zero-order valence-electron chi connectivity index (χ0n) is 7.52. The predicted molar refractivity (Wildman–Crippen MR) is 43.5 cm³/mol. The van der Waals surface area contributed by atoms with Gasteiger partial charge in [-0.1, -0.05) is 0 Å². The Morgan fingerprint density at radius 3 is 1.17 bits per heavy atom. The average molecular weight is 679 g/mol. The Labute approximate surface area is 63.6 Å². The van der Waals surface area contributed by atoms with Crippen LogP contribution in [-0.2, 0) is 0 Å². The van der Waals surface area contributed by atoms with E-state index in [1.165, 1.54) is 0 Å². The van der Waals surface area contributed by atoms with Crippen LogP contribution in [0.3, 0.4) is 0 Å². The molecule has 0 amide bonds. The van der Waals surface area contributed by atoms with Gasteiger partial charge in [0.15, 0.2) is 0 Å². The summed E-state index contributed by atoms with van der Waals surface area (Å²) in [5.74, 6) is 0. The molecule has 0 fully saturated rings. The van der Waals surface area contributed by atoms with Crippen molar-refractivity contribution in [2.24, 2.45) is 0 Å². The van der Waals surface area contributed by atoms with E-state index < -0.39 is 8.53 Å². The molecule has 0 saturated carbocycles. The topological polar surface area (TPSA) is 43.7 Å². The maximum atomic E-state index is 8.90. The van der Waals surface area contributed by atoms with Gasteiger partial charge >= 0.3 is 0 Å². The third kappa shape index (κ3) is 4.18. The van der Waals surface area contributed by atoms with E-state index in [9.17, 15) is 0 Å². The van der Waals surface area contributed by atoms with Crippen LogP contribution in [0.15, 0.2) is 0 Å². The summed E-state index contributed by atoms with van der Waals surface area (Å²) in [6.07, 6.45) is 0. The number of nitrogens with zero attached hydrogens (tertiary/aromatic N) is 1. The first-order valence-corrected chi connectivity index (χ1v) is 4.63. The van der Waals surface area contributed by atoms with Crippen molar-refractivity contribution in [3.05, 3.63) is 0 Å². The SMILES string of the molecule is CC(C)N(C(C)C)P(O)O.[Fm].[Fm]. The molecule has 0 aromatic heterocycles. The normalized spacial score (nSPS) is 10.5. The zero-order valence-corrected chi connectivity index (χ0v) is 13.2. The monoisotopic (exact) mass is 679 g/mol. The van der Waals surface area contributed by atoms with Gasteiger partial charge in [0.05, 0.1) is 0 Å². The van der Waals surface area contributed by atoms with Crippen molar-refractivity contribution in [3.63, 3.8) is 0 Å². The largest absolute Gasteiger partial charge is 0.338 e. The summed E-state index contributed by atoms with van der Waals surface area (Å²) in [4.78, 5) is 17.8. The third-order valence-electron chi connectivity index (χ3n) is 1.26. The van der Waals surface area contributed by atoms with Gasteiger partial charge in [0, 0.05) is 12.1 Å². The molecule has 6 heteroatoms. The van der Waals surface area contributed by atoms with Crippen molar-refractivity contribution >= 4 is 8.53 Å². The van der Waals surface area contributed by atoms with Gasteiger partial charge in [-0.3, -0.25) is 0 Å². The molecule has 0 rings (SSSR count). The molecule has 0 aliphatic rings. The van der Waals surface area contributed by atoms with Crippen molar-refractivity contribution in [1.29, 1.82) is 0 Å². The fourth-order valence-electron chi connectivity index (χ4n) is 1.01. The Morgan fingerprint density at radius 2 is 1.17 bits per heavy atom. The van der Waals surface area contributed by atoms with Crippen LogP contribution in [0.4, 0.5) is 0 Å². The van der Waals surface area contributed by atoms with Crippen molar-refractivity contribution in [2.75, 3.05) is 0 Å². The molecule has 0 radical (unpaired) electrons. The minimum absolute atomic E-state index is 0. The molecule has 0 aromatic carbocycles. The minimum atomic E-state index is -1.91. The maximum Gasteiger partial charge on any atom is 0.253 e. The first kappa shape index (κ1) is 16.7. The van der Waals surface area contributed by atoms with Gasteiger partial charge < -0.3 is 9.79 Å². The van der Waals surface area contributed by atoms with Gasteiger partial charge in [0.25, 0.3) is 8.53 Å². The van der Waals surface area contributed by atoms with Crippen molar-refractivity contribution in [1.82, 2.24) is 4.67 Å². The first-order valence-electron chi connectivity index (χ1n) is 3.43. The Hall–Kier alpha value is -1.69. The molecule has 2 N–H and O–H groups in total. The summed E-state index contributed by atoms with van der Waals surface area (Å²) in [5.41, 5.74) is 0. The molecule has 0 saturated heterocycles. The van der Waals surface area contributed by atoms with E-state index in [1.54, 1.807) is 4.67 Å². The Kier molecular flexibility index (Phi) is 8.43. The quantitative estimate of drug-likeness (QED) is 0.443. The van der Waals surface area contributed by atoms with E-state index in [-0.39, 0.29) is 12.1 Å². The van der Waals surface area contributed by atoms with E-state index in [4.69, 9.17) is 9.79 Å². The van der Waals surface area contributed by atoms with E-state index in [0.717, 1.165) is 0 Å². The molecule has 12 heavy (non-hydrogen) atoms. The zero-order chi connectivity index (χ0) is 8.31. The summed E-state index contributed by atoms with van der Waals surface area (Å²) in [7, 11) is -1.91. The van der Waals surface area contributed by atoms with E-state index >= 15 is 0 Å². The van der Waals surface area contributed by atoms with Crippen LogP contribution in [0, 0.1) is 0 Å². The summed E-state index contributed by atoms with van der Waals surface area (Å²) in [5, 5.41) is 0. The first-order chi connectivity index (χ1) is 4.46. The van der Waals surface area contributed by atoms with E-state index in [2.05, 4.69) is 0 Å². The fourth-order valence-corrected chi connectivity index (χ4v) is 1.84. The van der Waals surface area contributed by atoms with Crippen LogP contribution in [0.5, 0.6) is 0 Å². The molecule has 0 heterocycles. The number of hydrogen-bond acceptors (Lipinski definition) is 3. The molecule has 3 nitrogen and oxygen atoms in total. The van der Waals surface area contributed by atoms with Crippen LogP contribution in [0.1, 0.15) is 27.7 Å². The van der Waals surface area contributed by atoms with Crippen LogP contribution in [-0.4, -0.2) is 26.5 Å². The van der Waals surface area contributed by atoms with Crippen molar-refractivity contribution in [3.8, 4) is 0 Å². The van der Waals surface area contributed by atoms with Crippen LogP contribution >= 0.6 is 8.53 Å². The van der Waals surface area contributed by atoms with Crippen LogP contribution < -0.4 is 0 Å². The molecule has 0 aromatic rings. The molecule has 0 spiro atoms. The fraction of sp³-hybridized carbons (Fsp3) is 1.00. The Bertz CT molecular complexity index is 84.5.